The van der Waals surface area contributed by atoms with Crippen molar-refractivity contribution < 1.29 is 18.7 Å². The van der Waals surface area contributed by atoms with Gasteiger partial charge in [-0.25, -0.2) is 8.78 Å². The zero-order valence-corrected chi connectivity index (χ0v) is 12.2. The van der Waals surface area contributed by atoms with Gasteiger partial charge < -0.3 is 5.11 Å². The van der Waals surface area contributed by atoms with Crippen LogP contribution in [-0.4, -0.2) is 53.1 Å². The summed E-state index contributed by atoms with van der Waals surface area (Å²) in [5, 5.41) is 9.01. The molecule has 1 aliphatic heterocycles. The number of piperazine rings is 1. The van der Waals surface area contributed by atoms with Crippen molar-refractivity contribution >= 4 is 5.97 Å². The number of hydrogen-bond acceptors (Lipinski definition) is 3. The van der Waals surface area contributed by atoms with Crippen LogP contribution in [0, 0.1) is 11.6 Å². The molecule has 0 spiro atoms. The number of rotatable bonds is 4. The fourth-order valence-electron chi connectivity index (χ4n) is 2.65. The topological polar surface area (TPSA) is 43.8 Å². The lowest BCUT2D eigenvalue weighted by atomic mass is 10.1. The van der Waals surface area contributed by atoms with Gasteiger partial charge in [-0.2, -0.15) is 0 Å². The van der Waals surface area contributed by atoms with Gasteiger partial charge in [0.2, 0.25) is 0 Å². The predicted molar refractivity (Wildman–Crippen MR) is 75.0 cm³/mol. The fourth-order valence-corrected chi connectivity index (χ4v) is 2.65. The van der Waals surface area contributed by atoms with Crippen LogP contribution in [0.15, 0.2) is 18.2 Å². The molecule has 116 valence electrons. The van der Waals surface area contributed by atoms with E-state index < -0.39 is 23.6 Å². The Morgan fingerprint density at radius 1 is 1.10 bits per heavy atom. The molecule has 4 nitrogen and oxygen atoms in total. The Balaban J connectivity index is 1.98. The van der Waals surface area contributed by atoms with Crippen molar-refractivity contribution in [3.8, 4) is 0 Å². The summed E-state index contributed by atoms with van der Waals surface area (Å²) in [7, 11) is 0. The summed E-state index contributed by atoms with van der Waals surface area (Å²) >= 11 is 0. The molecule has 0 bridgehead atoms. The number of nitrogens with zero attached hydrogens (tertiary/aromatic N) is 2. The Bertz CT molecular complexity index is 516. The predicted octanol–water partition coefficient (Wildman–Crippen LogP) is 2.12. The minimum atomic E-state index is -0.842. The SMILES string of the molecule is CC(C(=O)O)N1CCN(C(C)c2ccc(F)c(F)c2)CC1. The smallest absolute Gasteiger partial charge is 0.320 e. The van der Waals surface area contributed by atoms with Crippen LogP contribution in [0.4, 0.5) is 8.78 Å². The number of aliphatic carboxylic acids is 1. The van der Waals surface area contributed by atoms with E-state index in [0.717, 1.165) is 11.6 Å². The van der Waals surface area contributed by atoms with Crippen LogP contribution < -0.4 is 0 Å². The van der Waals surface area contributed by atoms with Crippen LogP contribution in [-0.2, 0) is 4.79 Å². The maximum Gasteiger partial charge on any atom is 0.320 e. The van der Waals surface area contributed by atoms with Gasteiger partial charge in [-0.3, -0.25) is 14.6 Å². The van der Waals surface area contributed by atoms with Gasteiger partial charge in [0.25, 0.3) is 0 Å². The van der Waals surface area contributed by atoms with Gasteiger partial charge in [-0.15, -0.1) is 0 Å². The normalized spacial score (nSPS) is 20.2. The number of carbonyl (C=O) groups is 1. The van der Waals surface area contributed by atoms with Crippen molar-refractivity contribution in [1.82, 2.24) is 9.80 Å². The fraction of sp³-hybridized carbons (Fsp3) is 0.533. The number of carboxylic acids is 1. The van der Waals surface area contributed by atoms with Crippen molar-refractivity contribution in [3.63, 3.8) is 0 Å². The van der Waals surface area contributed by atoms with Crippen molar-refractivity contribution in [2.24, 2.45) is 0 Å². The molecule has 2 unspecified atom stereocenters. The van der Waals surface area contributed by atoms with Gasteiger partial charge >= 0.3 is 5.97 Å². The first kappa shape index (κ1) is 15.9. The Hall–Kier alpha value is -1.53. The molecule has 1 aromatic carbocycles. The molecule has 21 heavy (non-hydrogen) atoms. The largest absolute Gasteiger partial charge is 0.480 e. The van der Waals surface area contributed by atoms with Crippen molar-refractivity contribution in [3.05, 3.63) is 35.4 Å². The van der Waals surface area contributed by atoms with Gasteiger partial charge in [0.1, 0.15) is 6.04 Å². The molecule has 1 aliphatic rings. The third kappa shape index (κ3) is 3.57. The Kier molecular flexibility index (Phi) is 4.90. The van der Waals surface area contributed by atoms with E-state index in [1.807, 2.05) is 11.8 Å². The molecule has 1 saturated heterocycles. The maximum absolute atomic E-state index is 13.3. The molecule has 0 aliphatic carbocycles. The molecule has 1 N–H and O–H groups in total. The summed E-state index contributed by atoms with van der Waals surface area (Å²) in [4.78, 5) is 15.0. The van der Waals surface area contributed by atoms with Crippen LogP contribution in [0.3, 0.4) is 0 Å². The first-order valence-corrected chi connectivity index (χ1v) is 7.06. The quantitative estimate of drug-likeness (QED) is 0.924. The number of benzene rings is 1. The zero-order valence-electron chi connectivity index (χ0n) is 12.2. The van der Waals surface area contributed by atoms with Gasteiger partial charge in [-0.1, -0.05) is 6.07 Å². The highest BCUT2D eigenvalue weighted by atomic mass is 19.2. The highest BCUT2D eigenvalue weighted by Crippen LogP contribution is 2.23. The zero-order chi connectivity index (χ0) is 15.6. The summed E-state index contributed by atoms with van der Waals surface area (Å²) in [6.07, 6.45) is 0. The molecular weight excluding hydrogens is 278 g/mol. The number of halogens is 2. The van der Waals surface area contributed by atoms with Crippen LogP contribution >= 0.6 is 0 Å². The average Bonchev–Trinajstić information content (AvgIpc) is 2.48. The Morgan fingerprint density at radius 3 is 2.19 bits per heavy atom. The minimum Gasteiger partial charge on any atom is -0.480 e. The second-order valence-corrected chi connectivity index (χ2v) is 5.44. The number of hydrogen-bond donors (Lipinski definition) is 1. The Morgan fingerprint density at radius 2 is 1.67 bits per heavy atom. The summed E-state index contributed by atoms with van der Waals surface area (Å²) in [6, 6.07) is 3.44. The Labute approximate surface area is 123 Å². The number of carboxylic acid groups (broad SMARTS) is 1. The first-order chi connectivity index (χ1) is 9.90. The van der Waals surface area contributed by atoms with E-state index in [0.29, 0.717) is 26.2 Å². The minimum absolute atomic E-state index is 0.0256. The molecule has 6 heteroatoms. The first-order valence-electron chi connectivity index (χ1n) is 7.06. The van der Waals surface area contributed by atoms with Crippen molar-refractivity contribution in [1.29, 1.82) is 0 Å². The van der Waals surface area contributed by atoms with E-state index in [9.17, 15) is 13.6 Å². The highest BCUT2D eigenvalue weighted by Gasteiger charge is 2.27. The highest BCUT2D eigenvalue weighted by molar-refractivity contribution is 5.72. The van der Waals surface area contributed by atoms with E-state index in [1.54, 1.807) is 13.0 Å². The third-order valence-electron chi connectivity index (χ3n) is 4.23. The van der Waals surface area contributed by atoms with Gasteiger partial charge in [0.05, 0.1) is 0 Å². The summed E-state index contributed by atoms with van der Waals surface area (Å²) in [6.45, 7) is 6.35. The summed E-state index contributed by atoms with van der Waals surface area (Å²) in [5.41, 5.74) is 0.730. The molecular formula is C15H20F2N2O2. The molecule has 0 amide bonds. The average molecular weight is 298 g/mol. The molecule has 1 fully saturated rings. The molecule has 0 saturated carbocycles. The molecule has 2 rings (SSSR count). The second kappa shape index (κ2) is 6.49. The van der Waals surface area contributed by atoms with Crippen LogP contribution in [0.1, 0.15) is 25.5 Å². The van der Waals surface area contributed by atoms with Crippen LogP contribution in [0.2, 0.25) is 0 Å². The van der Waals surface area contributed by atoms with Crippen molar-refractivity contribution in [2.45, 2.75) is 25.9 Å². The maximum atomic E-state index is 13.3. The molecule has 1 aromatic rings. The van der Waals surface area contributed by atoms with E-state index in [2.05, 4.69) is 4.90 Å². The van der Waals surface area contributed by atoms with Gasteiger partial charge in [-0.05, 0) is 31.5 Å². The lowest BCUT2D eigenvalue weighted by Gasteiger charge is -2.39. The molecule has 0 aromatic heterocycles. The molecule has 0 radical (unpaired) electrons. The molecule has 1 heterocycles. The van der Waals surface area contributed by atoms with Crippen LogP contribution in [0.5, 0.6) is 0 Å². The lowest BCUT2D eigenvalue weighted by molar-refractivity contribution is -0.143. The van der Waals surface area contributed by atoms with E-state index in [1.165, 1.54) is 6.07 Å². The van der Waals surface area contributed by atoms with E-state index in [4.69, 9.17) is 5.11 Å². The van der Waals surface area contributed by atoms with Crippen molar-refractivity contribution in [2.75, 3.05) is 26.2 Å². The van der Waals surface area contributed by atoms with E-state index >= 15 is 0 Å². The monoisotopic (exact) mass is 298 g/mol. The second-order valence-electron chi connectivity index (χ2n) is 5.44. The lowest BCUT2D eigenvalue weighted by Crippen LogP contribution is -2.52. The standard InChI is InChI=1S/C15H20F2N2O2/c1-10(12-3-4-13(16)14(17)9-12)18-5-7-19(8-6-18)11(2)15(20)21/h3-4,9-11H,5-8H2,1-2H3,(H,20,21). The van der Waals surface area contributed by atoms with Gasteiger partial charge in [0.15, 0.2) is 11.6 Å². The summed E-state index contributed by atoms with van der Waals surface area (Å²) < 4.78 is 26.3. The van der Waals surface area contributed by atoms with Gasteiger partial charge in [0, 0.05) is 32.2 Å². The third-order valence-corrected chi connectivity index (χ3v) is 4.23. The van der Waals surface area contributed by atoms with E-state index in [-0.39, 0.29) is 6.04 Å². The van der Waals surface area contributed by atoms with Crippen LogP contribution in [0.25, 0.3) is 0 Å². The summed E-state index contributed by atoms with van der Waals surface area (Å²) in [5.74, 6) is -2.50. The molecule has 2 atom stereocenters.